The highest BCUT2D eigenvalue weighted by Crippen LogP contribution is 2.30. The van der Waals surface area contributed by atoms with E-state index in [1.165, 1.54) is 0 Å². The van der Waals surface area contributed by atoms with Crippen molar-refractivity contribution in [1.29, 1.82) is 0 Å². The monoisotopic (exact) mass is 357 g/mol. The summed E-state index contributed by atoms with van der Waals surface area (Å²) in [6, 6.07) is 0.644. The van der Waals surface area contributed by atoms with Gasteiger partial charge in [0, 0.05) is 24.0 Å². The van der Waals surface area contributed by atoms with E-state index in [1.807, 2.05) is 26.1 Å². The second-order valence-corrected chi connectivity index (χ2v) is 8.12. The lowest BCUT2D eigenvalue weighted by Gasteiger charge is -2.37. The second kappa shape index (κ2) is 8.56. The molecule has 0 amide bonds. The topological polar surface area (TPSA) is 57.5 Å². The molecule has 2 heterocycles. The first-order chi connectivity index (χ1) is 11.3. The summed E-state index contributed by atoms with van der Waals surface area (Å²) in [6.07, 6.45) is 2.94. The molecule has 0 aromatic heterocycles. The second-order valence-electron chi connectivity index (χ2n) is 6.93. The molecular weight excluding hydrogens is 326 g/mol. The van der Waals surface area contributed by atoms with Crippen molar-refractivity contribution >= 4 is 17.6 Å². The molecule has 24 heavy (non-hydrogen) atoms. The van der Waals surface area contributed by atoms with Crippen LogP contribution in [0.5, 0.6) is 0 Å². The maximum atomic E-state index is 10.5. The Hall–Kier alpha value is -0.760. The molecule has 138 valence electrons. The molecule has 2 aliphatic heterocycles. The van der Waals surface area contributed by atoms with Gasteiger partial charge in [-0.25, -0.2) is 4.99 Å². The molecule has 3 atom stereocenters. The van der Waals surface area contributed by atoms with E-state index in [-0.39, 0.29) is 17.8 Å². The lowest BCUT2D eigenvalue weighted by atomic mass is 10.2. The number of nitrogens with zero attached hydrogens (tertiary/aromatic N) is 3. The minimum absolute atomic E-state index is 0.00574. The van der Waals surface area contributed by atoms with Gasteiger partial charge in [-0.3, -0.25) is 0 Å². The van der Waals surface area contributed by atoms with Crippen LogP contribution in [0.4, 0.5) is 0 Å². The molecule has 1 fully saturated rings. The first kappa shape index (κ1) is 19.6. The Bertz CT molecular complexity index is 460. The number of ether oxygens (including phenoxy) is 2. The van der Waals surface area contributed by atoms with Crippen molar-refractivity contribution in [3.8, 4) is 0 Å². The molecule has 0 radical (unpaired) electrons. The SMILES string of the molecule is CC(C)OC[C@H]1O[C@H](N2C=CC(N(C(C)C)C(C)C)=NC2O)CS1. The van der Waals surface area contributed by atoms with Crippen molar-refractivity contribution in [2.45, 2.75) is 77.7 Å². The van der Waals surface area contributed by atoms with E-state index in [4.69, 9.17) is 9.47 Å². The zero-order chi connectivity index (χ0) is 17.9. The van der Waals surface area contributed by atoms with Crippen molar-refractivity contribution in [2.75, 3.05) is 12.4 Å². The summed E-state index contributed by atoms with van der Waals surface area (Å²) < 4.78 is 11.6. The molecule has 2 aliphatic rings. The van der Waals surface area contributed by atoms with Crippen LogP contribution in [-0.2, 0) is 9.47 Å². The molecule has 0 aromatic carbocycles. The van der Waals surface area contributed by atoms with Crippen LogP contribution >= 0.6 is 11.8 Å². The van der Waals surface area contributed by atoms with Gasteiger partial charge in [0.15, 0.2) is 0 Å². The lowest BCUT2D eigenvalue weighted by molar-refractivity contribution is -0.106. The summed E-state index contributed by atoms with van der Waals surface area (Å²) in [7, 11) is 0. The first-order valence-electron chi connectivity index (χ1n) is 8.68. The van der Waals surface area contributed by atoms with Crippen molar-refractivity contribution in [3.63, 3.8) is 0 Å². The van der Waals surface area contributed by atoms with Gasteiger partial charge < -0.3 is 24.4 Å². The largest absolute Gasteiger partial charge is 0.375 e. The molecule has 0 spiro atoms. The number of hydrogen-bond donors (Lipinski definition) is 1. The van der Waals surface area contributed by atoms with Gasteiger partial charge in [0.1, 0.15) is 17.5 Å². The molecule has 6 nitrogen and oxygen atoms in total. The number of amidine groups is 1. The fourth-order valence-corrected chi connectivity index (χ4v) is 3.95. The Morgan fingerprint density at radius 2 is 2.00 bits per heavy atom. The van der Waals surface area contributed by atoms with Crippen LogP contribution < -0.4 is 0 Å². The Morgan fingerprint density at radius 1 is 1.33 bits per heavy atom. The Balaban J connectivity index is 1.95. The van der Waals surface area contributed by atoms with Gasteiger partial charge in [-0.2, -0.15) is 0 Å². The van der Waals surface area contributed by atoms with Crippen molar-refractivity contribution in [2.24, 2.45) is 4.99 Å². The molecular formula is C17H31N3O3S. The fourth-order valence-electron chi connectivity index (χ4n) is 2.94. The fraction of sp³-hybridized carbons (Fsp3) is 0.824. The smallest absolute Gasteiger partial charge is 0.229 e. The number of thioether (sulfide) groups is 1. The van der Waals surface area contributed by atoms with E-state index in [9.17, 15) is 5.11 Å². The van der Waals surface area contributed by atoms with E-state index in [1.54, 1.807) is 16.7 Å². The van der Waals surface area contributed by atoms with Gasteiger partial charge in [-0.1, -0.05) is 0 Å². The summed E-state index contributed by atoms with van der Waals surface area (Å²) in [5.41, 5.74) is 0.00574. The minimum Gasteiger partial charge on any atom is -0.375 e. The lowest BCUT2D eigenvalue weighted by Crippen LogP contribution is -2.47. The predicted octanol–water partition coefficient (Wildman–Crippen LogP) is 2.45. The Labute approximate surface area is 149 Å². The van der Waals surface area contributed by atoms with E-state index < -0.39 is 6.35 Å². The van der Waals surface area contributed by atoms with Crippen molar-refractivity contribution in [3.05, 3.63) is 12.3 Å². The molecule has 1 N–H and O–H groups in total. The third kappa shape index (κ3) is 4.88. The number of aliphatic hydroxyl groups excluding tert-OH is 1. The molecule has 0 aromatic rings. The van der Waals surface area contributed by atoms with Crippen LogP contribution in [0, 0.1) is 0 Å². The highest BCUT2D eigenvalue weighted by atomic mass is 32.2. The van der Waals surface area contributed by atoms with E-state index in [2.05, 4.69) is 37.6 Å². The molecule has 1 unspecified atom stereocenters. The summed E-state index contributed by atoms with van der Waals surface area (Å²) in [6.45, 7) is 13.1. The summed E-state index contributed by atoms with van der Waals surface area (Å²) in [5.74, 6) is 1.60. The number of hydrogen-bond acceptors (Lipinski definition) is 7. The van der Waals surface area contributed by atoms with Gasteiger partial charge in [0.05, 0.1) is 12.7 Å². The predicted molar refractivity (Wildman–Crippen MR) is 98.7 cm³/mol. The maximum Gasteiger partial charge on any atom is 0.229 e. The van der Waals surface area contributed by atoms with Crippen LogP contribution in [-0.4, -0.2) is 69.3 Å². The van der Waals surface area contributed by atoms with Crippen LogP contribution in [0.15, 0.2) is 17.3 Å². The summed E-state index contributed by atoms with van der Waals surface area (Å²) >= 11 is 1.71. The zero-order valence-electron chi connectivity index (χ0n) is 15.5. The number of aliphatic hydroxyl groups is 1. The molecule has 0 saturated carbocycles. The average Bonchev–Trinajstić information content (AvgIpc) is 2.93. The molecule has 2 rings (SSSR count). The third-order valence-electron chi connectivity index (χ3n) is 3.92. The first-order valence-corrected chi connectivity index (χ1v) is 9.73. The van der Waals surface area contributed by atoms with Gasteiger partial charge in [-0.15, -0.1) is 11.8 Å². The average molecular weight is 358 g/mol. The standard InChI is InChI=1S/C17H31N3O3S/c1-11(2)20(12(3)4)14-7-8-19(17(21)18-14)15-10-24-16(23-15)9-22-13(5)6/h7-8,11-13,15-17,21H,9-10H2,1-6H3/t15-,16-,17?/m0/s1. The van der Waals surface area contributed by atoms with Crippen LogP contribution in [0.25, 0.3) is 0 Å². The maximum absolute atomic E-state index is 10.5. The van der Waals surface area contributed by atoms with E-state index in [0.717, 1.165) is 11.6 Å². The summed E-state index contributed by atoms with van der Waals surface area (Å²) in [5, 5.41) is 10.5. The Morgan fingerprint density at radius 3 is 2.54 bits per heavy atom. The van der Waals surface area contributed by atoms with E-state index in [0.29, 0.717) is 18.7 Å². The molecule has 0 bridgehead atoms. The van der Waals surface area contributed by atoms with Crippen molar-refractivity contribution in [1.82, 2.24) is 9.80 Å². The number of rotatable bonds is 6. The summed E-state index contributed by atoms with van der Waals surface area (Å²) in [4.78, 5) is 8.43. The normalized spacial score (nSPS) is 27.5. The highest BCUT2D eigenvalue weighted by molar-refractivity contribution is 8.00. The third-order valence-corrected chi connectivity index (χ3v) is 5.02. The van der Waals surface area contributed by atoms with Gasteiger partial charge >= 0.3 is 0 Å². The molecule has 7 heteroatoms. The van der Waals surface area contributed by atoms with Gasteiger partial charge in [0.2, 0.25) is 6.35 Å². The van der Waals surface area contributed by atoms with Crippen LogP contribution in [0.3, 0.4) is 0 Å². The molecule has 0 aliphatic carbocycles. The Kier molecular flexibility index (Phi) is 6.98. The van der Waals surface area contributed by atoms with Crippen LogP contribution in [0.1, 0.15) is 41.5 Å². The van der Waals surface area contributed by atoms with Gasteiger partial charge in [-0.05, 0) is 47.6 Å². The molecule has 1 saturated heterocycles. The minimum atomic E-state index is -0.916. The quantitative estimate of drug-likeness (QED) is 0.788. The van der Waals surface area contributed by atoms with Crippen LogP contribution in [0.2, 0.25) is 0 Å². The highest BCUT2D eigenvalue weighted by Gasteiger charge is 2.34. The zero-order valence-corrected chi connectivity index (χ0v) is 16.4. The van der Waals surface area contributed by atoms with E-state index >= 15 is 0 Å². The van der Waals surface area contributed by atoms with Crippen molar-refractivity contribution < 1.29 is 14.6 Å². The van der Waals surface area contributed by atoms with Gasteiger partial charge in [0.25, 0.3) is 0 Å². The number of aliphatic imine (C=N–C) groups is 1.